The molecule has 52 heavy (non-hydrogen) atoms. The molecule has 0 saturated heterocycles. The minimum atomic E-state index is 0.0775. The van der Waals surface area contributed by atoms with Crippen molar-refractivity contribution in [3.63, 3.8) is 0 Å². The SMILES string of the molecule is Cc1cc(N(c2ccc(C(C)(C)C)cc2)c2ccc(C(C)(C)C)cc2)c2ccc3c(C)c4c(c5ccc1c2c35)c1ccccc1n4-c1ccccc1. The third kappa shape index (κ3) is 4.84. The maximum absolute atomic E-state index is 2.47. The number of nitrogens with zero attached hydrogens (tertiary/aromatic N) is 2. The fourth-order valence-electron chi connectivity index (χ4n) is 8.59. The Morgan fingerprint density at radius 2 is 0.981 bits per heavy atom. The molecule has 9 rings (SSSR count). The van der Waals surface area contributed by atoms with Gasteiger partial charge in [0.1, 0.15) is 0 Å². The van der Waals surface area contributed by atoms with Gasteiger partial charge in [0, 0.05) is 33.2 Å². The fourth-order valence-corrected chi connectivity index (χ4v) is 8.59. The lowest BCUT2D eigenvalue weighted by atomic mass is 9.86. The second-order valence-corrected chi connectivity index (χ2v) is 16.7. The van der Waals surface area contributed by atoms with E-state index in [-0.39, 0.29) is 10.8 Å². The van der Waals surface area contributed by atoms with Crippen molar-refractivity contribution in [2.45, 2.75) is 66.2 Å². The fraction of sp³-hybridized carbons (Fsp3) is 0.200. The van der Waals surface area contributed by atoms with Gasteiger partial charge in [-0.25, -0.2) is 0 Å². The first-order valence-electron chi connectivity index (χ1n) is 18.6. The van der Waals surface area contributed by atoms with Crippen LogP contribution in [0.15, 0.2) is 133 Å². The summed E-state index contributed by atoms with van der Waals surface area (Å²) in [5.74, 6) is 0. The van der Waals surface area contributed by atoms with Crippen LogP contribution in [0.3, 0.4) is 0 Å². The molecule has 0 atom stereocenters. The van der Waals surface area contributed by atoms with E-state index in [9.17, 15) is 0 Å². The van der Waals surface area contributed by atoms with Gasteiger partial charge in [0.15, 0.2) is 0 Å². The van der Waals surface area contributed by atoms with E-state index in [1.54, 1.807) is 0 Å². The zero-order valence-corrected chi connectivity index (χ0v) is 31.6. The molecule has 0 spiro atoms. The van der Waals surface area contributed by atoms with Crippen molar-refractivity contribution in [3.8, 4) is 5.69 Å². The molecular formula is C50H46N2. The summed E-state index contributed by atoms with van der Waals surface area (Å²) in [5, 5.41) is 10.5. The molecule has 0 aliphatic carbocycles. The van der Waals surface area contributed by atoms with Crippen molar-refractivity contribution < 1.29 is 0 Å². The molecule has 8 aromatic carbocycles. The predicted octanol–water partition coefficient (Wildman–Crippen LogP) is 14.4. The number of anilines is 3. The molecular weight excluding hydrogens is 629 g/mol. The van der Waals surface area contributed by atoms with Gasteiger partial charge < -0.3 is 9.47 Å². The van der Waals surface area contributed by atoms with Gasteiger partial charge in [0.25, 0.3) is 0 Å². The lowest BCUT2D eigenvalue weighted by Crippen LogP contribution is -2.15. The Morgan fingerprint density at radius 3 is 1.60 bits per heavy atom. The number of benzene rings is 8. The molecule has 9 aromatic rings. The van der Waals surface area contributed by atoms with Crippen LogP contribution in [0.4, 0.5) is 17.1 Å². The van der Waals surface area contributed by atoms with Crippen molar-refractivity contribution in [2.24, 2.45) is 0 Å². The first-order chi connectivity index (χ1) is 24.9. The van der Waals surface area contributed by atoms with Gasteiger partial charge in [0.2, 0.25) is 0 Å². The maximum Gasteiger partial charge on any atom is 0.0582 e. The van der Waals surface area contributed by atoms with Gasteiger partial charge in [0.05, 0.1) is 16.7 Å². The average Bonchev–Trinajstić information content (AvgIpc) is 3.49. The molecule has 0 amide bonds. The van der Waals surface area contributed by atoms with E-state index in [2.05, 4.69) is 198 Å². The third-order valence-electron chi connectivity index (χ3n) is 11.4. The van der Waals surface area contributed by atoms with Crippen LogP contribution in [-0.2, 0) is 10.8 Å². The molecule has 0 aliphatic rings. The highest BCUT2D eigenvalue weighted by Crippen LogP contribution is 2.49. The van der Waals surface area contributed by atoms with Crippen LogP contribution in [0.5, 0.6) is 0 Å². The summed E-state index contributed by atoms with van der Waals surface area (Å²) in [4.78, 5) is 2.47. The molecule has 0 bridgehead atoms. The van der Waals surface area contributed by atoms with Crippen LogP contribution in [0.1, 0.15) is 63.8 Å². The Hall–Kier alpha value is -5.60. The summed E-state index contributed by atoms with van der Waals surface area (Å²) >= 11 is 0. The Labute approximate surface area is 307 Å². The molecule has 1 aromatic heterocycles. The lowest BCUT2D eigenvalue weighted by Gasteiger charge is -2.30. The number of rotatable bonds is 4. The summed E-state index contributed by atoms with van der Waals surface area (Å²) < 4.78 is 2.47. The van der Waals surface area contributed by atoms with E-state index in [0.717, 1.165) is 11.4 Å². The van der Waals surface area contributed by atoms with E-state index in [1.807, 2.05) is 0 Å². The minimum Gasteiger partial charge on any atom is -0.310 e. The number of hydrogen-bond donors (Lipinski definition) is 0. The van der Waals surface area contributed by atoms with Gasteiger partial charge in [-0.2, -0.15) is 0 Å². The zero-order valence-electron chi connectivity index (χ0n) is 31.6. The van der Waals surface area contributed by atoms with E-state index >= 15 is 0 Å². The van der Waals surface area contributed by atoms with Crippen LogP contribution < -0.4 is 4.90 Å². The molecule has 0 aliphatic heterocycles. The summed E-state index contributed by atoms with van der Waals surface area (Å²) in [5.41, 5.74) is 12.7. The third-order valence-corrected chi connectivity index (χ3v) is 11.4. The minimum absolute atomic E-state index is 0.0775. The first-order valence-corrected chi connectivity index (χ1v) is 18.6. The summed E-state index contributed by atoms with van der Waals surface area (Å²) in [7, 11) is 0. The Bertz CT molecular complexity index is 2730. The van der Waals surface area contributed by atoms with Gasteiger partial charge in [-0.1, -0.05) is 126 Å². The molecule has 2 nitrogen and oxygen atoms in total. The van der Waals surface area contributed by atoms with E-state index in [0.29, 0.717) is 0 Å². The predicted molar refractivity (Wildman–Crippen MR) is 226 cm³/mol. The van der Waals surface area contributed by atoms with Crippen LogP contribution in [0.25, 0.3) is 59.8 Å². The van der Waals surface area contributed by atoms with Gasteiger partial charge in [-0.05, 0) is 122 Å². The molecule has 0 unspecified atom stereocenters. The Morgan fingerprint density at radius 1 is 0.462 bits per heavy atom. The van der Waals surface area contributed by atoms with Crippen LogP contribution >= 0.6 is 0 Å². The van der Waals surface area contributed by atoms with Gasteiger partial charge in [-0.15, -0.1) is 0 Å². The second-order valence-electron chi connectivity index (χ2n) is 16.7. The molecule has 1 heterocycles. The molecule has 0 radical (unpaired) electrons. The number of aromatic nitrogens is 1. The molecule has 0 fully saturated rings. The number of hydrogen-bond acceptors (Lipinski definition) is 1. The molecule has 2 heteroatoms. The standard InChI is InChI=1S/C50H46N2/c1-31-30-44(51(36-22-18-33(19-23-36)49(3,4)5)37-24-20-34(21-25-37)50(6,7)8)41-28-27-39-32(2)48-47(42-29-26-38(31)45(41)46(39)42)40-16-12-13-17-43(40)52(48)35-14-10-9-11-15-35/h9-30H,1-8H3. The normalized spacial score (nSPS) is 12.6. The smallest absolute Gasteiger partial charge is 0.0582 e. The van der Waals surface area contributed by atoms with E-state index in [1.165, 1.54) is 87.8 Å². The van der Waals surface area contributed by atoms with Crippen LogP contribution in [0.2, 0.25) is 0 Å². The van der Waals surface area contributed by atoms with Crippen molar-refractivity contribution in [3.05, 3.63) is 156 Å². The summed E-state index contributed by atoms with van der Waals surface area (Å²) in [6.45, 7) is 18.3. The van der Waals surface area contributed by atoms with Crippen molar-refractivity contribution in [2.75, 3.05) is 4.90 Å². The summed E-state index contributed by atoms with van der Waals surface area (Å²) in [6.07, 6.45) is 0. The monoisotopic (exact) mass is 674 g/mol. The second kappa shape index (κ2) is 11.5. The van der Waals surface area contributed by atoms with Gasteiger partial charge in [-0.3, -0.25) is 0 Å². The maximum atomic E-state index is 2.47. The van der Waals surface area contributed by atoms with Crippen molar-refractivity contribution >= 4 is 71.2 Å². The molecule has 256 valence electrons. The lowest BCUT2D eigenvalue weighted by molar-refractivity contribution is 0.590. The number of fused-ring (bicyclic) bond motifs is 4. The van der Waals surface area contributed by atoms with Crippen LogP contribution in [0, 0.1) is 13.8 Å². The highest BCUT2D eigenvalue weighted by molar-refractivity contribution is 6.35. The first kappa shape index (κ1) is 32.3. The largest absolute Gasteiger partial charge is 0.310 e. The van der Waals surface area contributed by atoms with Gasteiger partial charge >= 0.3 is 0 Å². The van der Waals surface area contributed by atoms with E-state index in [4.69, 9.17) is 0 Å². The Balaban J connectivity index is 1.38. The van der Waals surface area contributed by atoms with Crippen molar-refractivity contribution in [1.29, 1.82) is 0 Å². The number of aryl methyl sites for hydroxylation is 2. The highest BCUT2D eigenvalue weighted by atomic mass is 15.1. The van der Waals surface area contributed by atoms with Crippen molar-refractivity contribution in [1.82, 2.24) is 4.57 Å². The number of para-hydroxylation sites is 2. The molecule has 0 saturated carbocycles. The average molecular weight is 675 g/mol. The summed E-state index contributed by atoms with van der Waals surface area (Å²) in [6, 6.07) is 50.1. The quantitative estimate of drug-likeness (QED) is 0.169. The molecule has 0 N–H and O–H groups in total. The Kier molecular flexibility index (Phi) is 7.12. The highest BCUT2D eigenvalue weighted by Gasteiger charge is 2.25. The topological polar surface area (TPSA) is 8.17 Å². The van der Waals surface area contributed by atoms with Crippen LogP contribution in [-0.4, -0.2) is 4.57 Å². The zero-order chi connectivity index (χ0) is 36.1. The van der Waals surface area contributed by atoms with E-state index < -0.39 is 0 Å².